The summed E-state index contributed by atoms with van der Waals surface area (Å²) in [7, 11) is 0. The lowest BCUT2D eigenvalue weighted by Crippen LogP contribution is -2.73. The summed E-state index contributed by atoms with van der Waals surface area (Å²) in [6, 6.07) is 0. The van der Waals surface area contributed by atoms with Crippen LogP contribution in [-0.4, -0.2) is 34.3 Å². The molecule has 0 radical (unpaired) electrons. The average Bonchev–Trinajstić information content (AvgIpc) is 3.11. The smallest absolute Gasteiger partial charge is 0.249 e. The number of amides is 2. The molecule has 100 valence electrons. The SMILES string of the molecule is CC1(C2CC2)NC(=O)C(C)(C)N(C/C=C/Cl)C1=O. The van der Waals surface area contributed by atoms with Crippen LogP contribution < -0.4 is 5.32 Å². The third-order valence-corrected chi connectivity index (χ3v) is 4.24. The molecule has 0 bridgehead atoms. The maximum atomic E-state index is 12.6. The lowest BCUT2D eigenvalue weighted by molar-refractivity contribution is -0.160. The Bertz CT molecular complexity index is 415. The van der Waals surface area contributed by atoms with E-state index in [1.54, 1.807) is 24.8 Å². The van der Waals surface area contributed by atoms with Crippen molar-refractivity contribution in [2.24, 2.45) is 5.92 Å². The highest BCUT2D eigenvalue weighted by Crippen LogP contribution is 2.43. The summed E-state index contributed by atoms with van der Waals surface area (Å²) in [6.07, 6.45) is 3.69. The van der Waals surface area contributed by atoms with E-state index in [-0.39, 0.29) is 17.7 Å². The standard InChI is InChI=1S/C13H19ClN2O2/c1-12(2)10(17)15-13(3,9-5-6-9)11(18)16(12)8-4-7-14/h4,7,9H,5-6,8H2,1-3H3,(H,15,17)/b7-4+. The van der Waals surface area contributed by atoms with Crippen molar-refractivity contribution < 1.29 is 9.59 Å². The molecule has 4 nitrogen and oxygen atoms in total. The van der Waals surface area contributed by atoms with Crippen molar-refractivity contribution >= 4 is 23.4 Å². The Kier molecular flexibility index (Phi) is 3.18. The number of carbonyl (C=O) groups excluding carboxylic acids is 2. The van der Waals surface area contributed by atoms with Crippen molar-refractivity contribution in [3.05, 3.63) is 11.6 Å². The van der Waals surface area contributed by atoms with E-state index in [9.17, 15) is 9.59 Å². The summed E-state index contributed by atoms with van der Waals surface area (Å²) in [6.45, 7) is 5.71. The second-order valence-electron chi connectivity index (χ2n) is 5.77. The van der Waals surface area contributed by atoms with Crippen LogP contribution in [0, 0.1) is 5.92 Å². The van der Waals surface area contributed by atoms with Crippen molar-refractivity contribution in [1.82, 2.24) is 10.2 Å². The Balaban J connectivity index is 2.32. The van der Waals surface area contributed by atoms with Gasteiger partial charge in [-0.25, -0.2) is 0 Å². The van der Waals surface area contributed by atoms with Gasteiger partial charge in [-0.05, 0) is 39.5 Å². The third-order valence-electron chi connectivity index (χ3n) is 4.06. The molecule has 1 saturated carbocycles. The van der Waals surface area contributed by atoms with Gasteiger partial charge in [0.25, 0.3) is 0 Å². The van der Waals surface area contributed by atoms with E-state index in [0.29, 0.717) is 6.54 Å². The molecule has 5 heteroatoms. The molecule has 1 aliphatic carbocycles. The van der Waals surface area contributed by atoms with Gasteiger partial charge in [0.15, 0.2) is 0 Å². The molecular formula is C13H19ClN2O2. The second kappa shape index (κ2) is 4.26. The summed E-state index contributed by atoms with van der Waals surface area (Å²) in [5, 5.41) is 2.91. The van der Waals surface area contributed by atoms with E-state index in [0.717, 1.165) is 12.8 Å². The highest BCUT2D eigenvalue weighted by molar-refractivity contribution is 6.25. The van der Waals surface area contributed by atoms with Crippen LogP contribution in [0.2, 0.25) is 0 Å². The first-order chi connectivity index (χ1) is 8.34. The maximum Gasteiger partial charge on any atom is 0.249 e. The highest BCUT2D eigenvalue weighted by Gasteiger charge is 2.57. The Morgan fingerprint density at radius 2 is 2.00 bits per heavy atom. The Morgan fingerprint density at radius 1 is 1.39 bits per heavy atom. The van der Waals surface area contributed by atoms with Crippen LogP contribution in [0.1, 0.15) is 33.6 Å². The zero-order valence-corrected chi connectivity index (χ0v) is 11.8. The Labute approximate surface area is 112 Å². The van der Waals surface area contributed by atoms with E-state index < -0.39 is 11.1 Å². The van der Waals surface area contributed by atoms with Crippen molar-refractivity contribution in [1.29, 1.82) is 0 Å². The van der Waals surface area contributed by atoms with Gasteiger partial charge in [0.2, 0.25) is 11.8 Å². The normalized spacial score (nSPS) is 31.9. The van der Waals surface area contributed by atoms with Gasteiger partial charge < -0.3 is 10.2 Å². The van der Waals surface area contributed by atoms with Crippen LogP contribution >= 0.6 is 11.6 Å². The molecule has 2 aliphatic rings. The second-order valence-corrected chi connectivity index (χ2v) is 6.02. The molecule has 2 rings (SSSR count). The topological polar surface area (TPSA) is 49.4 Å². The lowest BCUT2D eigenvalue weighted by Gasteiger charge is -2.48. The van der Waals surface area contributed by atoms with E-state index in [1.165, 1.54) is 5.54 Å². The number of nitrogens with one attached hydrogen (secondary N) is 1. The number of hydrogen-bond donors (Lipinski definition) is 1. The fourth-order valence-corrected chi connectivity index (χ4v) is 2.57. The molecule has 1 atom stereocenters. The van der Waals surface area contributed by atoms with Gasteiger partial charge in [0.05, 0.1) is 0 Å². The van der Waals surface area contributed by atoms with Gasteiger partial charge in [-0.2, -0.15) is 0 Å². The minimum absolute atomic E-state index is 0.00985. The molecule has 0 aromatic rings. The van der Waals surface area contributed by atoms with Gasteiger partial charge in [-0.15, -0.1) is 0 Å². The van der Waals surface area contributed by atoms with E-state index in [4.69, 9.17) is 11.6 Å². The van der Waals surface area contributed by atoms with Gasteiger partial charge in [-0.3, -0.25) is 9.59 Å². The average molecular weight is 271 g/mol. The van der Waals surface area contributed by atoms with Gasteiger partial charge in [-0.1, -0.05) is 17.7 Å². The van der Waals surface area contributed by atoms with E-state index in [2.05, 4.69) is 5.32 Å². The Morgan fingerprint density at radius 3 is 2.50 bits per heavy atom. The van der Waals surface area contributed by atoms with Crippen molar-refractivity contribution in [2.45, 2.75) is 44.7 Å². The first kappa shape index (κ1) is 13.4. The monoisotopic (exact) mass is 270 g/mol. The van der Waals surface area contributed by atoms with Crippen LogP contribution in [0.3, 0.4) is 0 Å². The summed E-state index contributed by atoms with van der Waals surface area (Å²) in [5.74, 6) is 0.163. The molecular weight excluding hydrogens is 252 g/mol. The molecule has 1 N–H and O–H groups in total. The third kappa shape index (κ3) is 1.92. The minimum atomic E-state index is -0.831. The summed E-state index contributed by atoms with van der Waals surface area (Å²) < 4.78 is 0. The number of piperazine rings is 1. The fraction of sp³-hybridized carbons (Fsp3) is 0.692. The van der Waals surface area contributed by atoms with Crippen molar-refractivity contribution in [3.63, 3.8) is 0 Å². The zero-order valence-electron chi connectivity index (χ0n) is 11.0. The molecule has 2 fully saturated rings. The number of carbonyl (C=O) groups is 2. The zero-order chi connectivity index (χ0) is 13.6. The molecule has 0 aromatic carbocycles. The van der Waals surface area contributed by atoms with Gasteiger partial charge >= 0.3 is 0 Å². The number of rotatable bonds is 3. The minimum Gasteiger partial charge on any atom is -0.340 e. The molecule has 1 heterocycles. The Hall–Kier alpha value is -1.03. The lowest BCUT2D eigenvalue weighted by atomic mass is 9.85. The van der Waals surface area contributed by atoms with Crippen LogP contribution in [0.15, 0.2) is 11.6 Å². The molecule has 0 aromatic heterocycles. The molecule has 0 spiro atoms. The molecule has 1 unspecified atom stereocenters. The van der Waals surface area contributed by atoms with Crippen LogP contribution in [-0.2, 0) is 9.59 Å². The summed E-state index contributed by atoms with van der Waals surface area (Å²) in [5.41, 5.74) is -0.195. The van der Waals surface area contributed by atoms with Crippen LogP contribution in [0.25, 0.3) is 0 Å². The predicted octanol–water partition coefficient (Wildman–Crippen LogP) is 1.64. The predicted molar refractivity (Wildman–Crippen MR) is 70.1 cm³/mol. The highest BCUT2D eigenvalue weighted by atomic mass is 35.5. The number of nitrogens with zero attached hydrogens (tertiary/aromatic N) is 1. The van der Waals surface area contributed by atoms with E-state index in [1.807, 2.05) is 6.92 Å². The number of hydrogen-bond acceptors (Lipinski definition) is 2. The molecule has 1 aliphatic heterocycles. The van der Waals surface area contributed by atoms with Crippen molar-refractivity contribution in [3.8, 4) is 0 Å². The fourth-order valence-electron chi connectivity index (χ4n) is 2.49. The first-order valence-corrected chi connectivity index (χ1v) is 6.67. The largest absolute Gasteiger partial charge is 0.340 e. The molecule has 1 saturated heterocycles. The first-order valence-electron chi connectivity index (χ1n) is 6.24. The van der Waals surface area contributed by atoms with Gasteiger partial charge in [0.1, 0.15) is 11.1 Å². The van der Waals surface area contributed by atoms with Gasteiger partial charge in [0, 0.05) is 12.1 Å². The van der Waals surface area contributed by atoms with Crippen LogP contribution in [0.4, 0.5) is 0 Å². The van der Waals surface area contributed by atoms with Crippen molar-refractivity contribution in [2.75, 3.05) is 6.54 Å². The summed E-state index contributed by atoms with van der Waals surface area (Å²) >= 11 is 5.52. The van der Waals surface area contributed by atoms with E-state index >= 15 is 0 Å². The van der Waals surface area contributed by atoms with Crippen LogP contribution in [0.5, 0.6) is 0 Å². The summed E-state index contributed by atoms with van der Waals surface area (Å²) in [4.78, 5) is 26.5. The number of halogens is 1. The molecule has 2 amide bonds. The quantitative estimate of drug-likeness (QED) is 0.848. The maximum absolute atomic E-state index is 12.6. The molecule has 18 heavy (non-hydrogen) atoms.